The van der Waals surface area contributed by atoms with Gasteiger partial charge in [0, 0.05) is 0 Å². The van der Waals surface area contributed by atoms with Crippen molar-refractivity contribution in [3.8, 4) is 0 Å². The van der Waals surface area contributed by atoms with Gasteiger partial charge in [-0.3, -0.25) is 0 Å². The molecule has 1 aromatic heterocycles. The minimum atomic E-state index is -4.98. The molecule has 10 heteroatoms. The molecule has 80 valence electrons. The van der Waals surface area contributed by atoms with Crippen molar-refractivity contribution in [1.82, 2.24) is 13.0 Å². The highest BCUT2D eigenvalue weighted by Crippen LogP contribution is 2.32. The first-order valence-electron chi connectivity index (χ1n) is 2.90. The van der Waals surface area contributed by atoms with Crippen LogP contribution in [0.5, 0.6) is 0 Å². The van der Waals surface area contributed by atoms with Gasteiger partial charge in [0.2, 0.25) is 5.82 Å². The molecule has 1 heterocycles. The minimum absolute atomic E-state index is 0.0145. The van der Waals surface area contributed by atoms with E-state index in [-0.39, 0.29) is 2.90 Å². The van der Waals surface area contributed by atoms with Crippen LogP contribution >= 0.6 is 22.9 Å². The average Bonchev–Trinajstić information content (AvgIpc) is 2.27. The number of hydrogen-bond acceptors (Lipinski definition) is 2. The maximum Gasteiger partial charge on any atom is 0.453 e. The number of halogens is 7. The second-order valence-corrected chi connectivity index (χ2v) is 3.03. The molecule has 0 bridgehead atoms. The first-order valence-corrected chi connectivity index (χ1v) is 3.86. The Morgan fingerprint density at radius 1 is 1.00 bits per heavy atom. The van der Waals surface area contributed by atoms with Crippen molar-refractivity contribution < 1.29 is 26.3 Å². The summed E-state index contributed by atoms with van der Waals surface area (Å²) in [4.78, 5) is 2.35. The fourth-order valence-electron chi connectivity index (χ4n) is 0.583. The van der Waals surface area contributed by atoms with E-state index in [1.54, 1.807) is 0 Å². The average molecular weight is 331 g/mol. The predicted molar refractivity (Wildman–Crippen MR) is 39.4 cm³/mol. The highest BCUT2D eigenvalue weighted by molar-refractivity contribution is 14.1. The molecule has 0 aliphatic rings. The molecule has 0 unspecified atom stereocenters. The molecule has 0 saturated carbocycles. The molecule has 1 aromatic rings. The predicted octanol–water partition coefficient (Wildman–Crippen LogP) is 2.51. The van der Waals surface area contributed by atoms with E-state index in [2.05, 4.69) is 10.1 Å². The third kappa shape index (κ3) is 2.27. The second-order valence-electron chi connectivity index (χ2n) is 2.11. The lowest BCUT2D eigenvalue weighted by Crippen LogP contribution is -2.11. The van der Waals surface area contributed by atoms with Crippen LogP contribution in [0.4, 0.5) is 26.3 Å². The molecular formula is C4F6IN3. The van der Waals surface area contributed by atoms with Gasteiger partial charge in [-0.1, -0.05) is 0 Å². The van der Waals surface area contributed by atoms with E-state index in [0.717, 1.165) is 22.9 Å². The zero-order valence-electron chi connectivity index (χ0n) is 5.99. The van der Waals surface area contributed by atoms with Gasteiger partial charge in [0.25, 0.3) is 5.82 Å². The van der Waals surface area contributed by atoms with E-state index >= 15 is 0 Å². The van der Waals surface area contributed by atoms with E-state index in [9.17, 15) is 26.3 Å². The van der Waals surface area contributed by atoms with E-state index in [4.69, 9.17) is 0 Å². The molecule has 0 N–H and O–H groups in total. The van der Waals surface area contributed by atoms with Gasteiger partial charge >= 0.3 is 12.4 Å². The van der Waals surface area contributed by atoms with Crippen molar-refractivity contribution in [2.45, 2.75) is 12.4 Å². The van der Waals surface area contributed by atoms with Crippen LogP contribution in [0.15, 0.2) is 0 Å². The first-order chi connectivity index (χ1) is 6.12. The summed E-state index contributed by atoms with van der Waals surface area (Å²) in [5.41, 5.74) is 0. The van der Waals surface area contributed by atoms with Crippen molar-refractivity contribution in [1.29, 1.82) is 0 Å². The topological polar surface area (TPSA) is 30.7 Å². The Bertz CT molecular complexity index is 338. The molecule has 0 aromatic carbocycles. The van der Waals surface area contributed by atoms with E-state index < -0.39 is 24.0 Å². The van der Waals surface area contributed by atoms with Crippen molar-refractivity contribution in [2.75, 3.05) is 0 Å². The summed E-state index contributed by atoms with van der Waals surface area (Å²) < 4.78 is 71.5. The lowest BCUT2D eigenvalue weighted by Gasteiger charge is -2.01. The number of aromatic nitrogens is 3. The van der Waals surface area contributed by atoms with Gasteiger partial charge in [-0.15, -0.1) is 5.10 Å². The highest BCUT2D eigenvalue weighted by atomic mass is 127. The maximum absolute atomic E-state index is 12.0. The Morgan fingerprint density at radius 2 is 1.50 bits per heavy atom. The van der Waals surface area contributed by atoms with Crippen LogP contribution in [0.25, 0.3) is 0 Å². The number of nitrogens with zero attached hydrogens (tertiary/aromatic N) is 3. The van der Waals surface area contributed by atoms with Gasteiger partial charge in [0.1, 0.15) is 0 Å². The summed E-state index contributed by atoms with van der Waals surface area (Å²) in [7, 11) is 0. The lowest BCUT2D eigenvalue weighted by molar-refractivity contribution is -0.150. The molecule has 0 saturated heterocycles. The quantitative estimate of drug-likeness (QED) is 0.540. The molecule has 1 rings (SSSR count). The zero-order valence-corrected chi connectivity index (χ0v) is 8.14. The second kappa shape index (κ2) is 3.24. The van der Waals surface area contributed by atoms with Crippen LogP contribution in [0, 0.1) is 0 Å². The third-order valence-electron chi connectivity index (χ3n) is 1.08. The monoisotopic (exact) mass is 331 g/mol. The molecule has 0 aliphatic heterocycles. The Hall–Kier alpha value is -0.550. The molecule has 0 fully saturated rings. The highest BCUT2D eigenvalue weighted by Gasteiger charge is 2.43. The van der Waals surface area contributed by atoms with Crippen LogP contribution in [0.1, 0.15) is 11.6 Å². The molecular weight excluding hydrogens is 331 g/mol. The molecule has 0 aliphatic carbocycles. The summed E-state index contributed by atoms with van der Waals surface area (Å²) in [6.45, 7) is 0. The van der Waals surface area contributed by atoms with Gasteiger partial charge in [-0.2, -0.15) is 34.2 Å². The molecule has 14 heavy (non-hydrogen) atoms. The van der Waals surface area contributed by atoms with Crippen LogP contribution in [0.2, 0.25) is 0 Å². The summed E-state index contributed by atoms with van der Waals surface area (Å²) in [6, 6.07) is 0. The summed E-state index contributed by atoms with van der Waals surface area (Å²) in [6.07, 6.45) is -9.92. The summed E-state index contributed by atoms with van der Waals surface area (Å²) in [5, 5.41) is 2.60. The van der Waals surface area contributed by atoms with Crippen LogP contribution < -0.4 is 0 Å². The first kappa shape index (κ1) is 11.5. The van der Waals surface area contributed by atoms with Crippen LogP contribution in [-0.2, 0) is 12.4 Å². The standard InChI is InChI=1S/C4F6IN3/c5-3(6,7)1-12-2(4(8,9)10)14(11)13-1. The number of rotatable bonds is 0. The van der Waals surface area contributed by atoms with E-state index in [0.29, 0.717) is 0 Å². The molecule has 0 radical (unpaired) electrons. The van der Waals surface area contributed by atoms with Gasteiger partial charge in [0.05, 0.1) is 22.9 Å². The SMILES string of the molecule is FC(F)(F)c1nc(C(F)(F)F)n(I)n1. The molecule has 0 amide bonds. The van der Waals surface area contributed by atoms with Gasteiger partial charge < -0.3 is 0 Å². The van der Waals surface area contributed by atoms with Gasteiger partial charge in [-0.05, 0) is 0 Å². The third-order valence-corrected chi connectivity index (χ3v) is 1.75. The van der Waals surface area contributed by atoms with E-state index in [1.807, 2.05) is 0 Å². The van der Waals surface area contributed by atoms with Crippen molar-refractivity contribution in [3.63, 3.8) is 0 Å². The number of alkyl halides is 6. The minimum Gasteiger partial charge on any atom is -0.198 e. The number of hydrogen-bond donors (Lipinski definition) is 0. The van der Waals surface area contributed by atoms with Gasteiger partial charge in [0.15, 0.2) is 0 Å². The van der Waals surface area contributed by atoms with E-state index in [1.165, 1.54) is 0 Å². The van der Waals surface area contributed by atoms with Crippen LogP contribution in [-0.4, -0.2) is 13.0 Å². The molecule has 0 atom stereocenters. The summed E-state index contributed by atoms with van der Waals surface area (Å²) in [5.74, 6) is -3.50. The zero-order chi connectivity index (χ0) is 11.1. The summed E-state index contributed by atoms with van der Waals surface area (Å²) >= 11 is 0.970. The van der Waals surface area contributed by atoms with Gasteiger partial charge in [-0.25, -0.2) is 0 Å². The maximum atomic E-state index is 12.0. The van der Waals surface area contributed by atoms with Crippen molar-refractivity contribution in [2.24, 2.45) is 0 Å². The lowest BCUT2D eigenvalue weighted by atomic mass is 10.6. The smallest absolute Gasteiger partial charge is 0.198 e. The van der Waals surface area contributed by atoms with Crippen LogP contribution in [0.3, 0.4) is 0 Å². The Balaban J connectivity index is 3.19. The normalized spacial score (nSPS) is 13.4. The molecule has 3 nitrogen and oxygen atoms in total. The Kier molecular flexibility index (Phi) is 2.67. The van der Waals surface area contributed by atoms with Crippen molar-refractivity contribution in [3.05, 3.63) is 11.6 Å². The fourth-order valence-corrected chi connectivity index (χ4v) is 1.17. The fraction of sp³-hybridized carbons (Fsp3) is 0.500. The Morgan fingerprint density at radius 3 is 1.71 bits per heavy atom. The van der Waals surface area contributed by atoms with Crippen molar-refractivity contribution >= 4 is 22.9 Å². The largest absolute Gasteiger partial charge is 0.453 e. The Labute approximate surface area is 86.6 Å². The molecule has 0 spiro atoms.